The summed E-state index contributed by atoms with van der Waals surface area (Å²) in [6, 6.07) is 8.70. The van der Waals surface area contributed by atoms with Gasteiger partial charge in [-0.25, -0.2) is 0 Å². The molecule has 0 saturated carbocycles. The molecule has 0 aliphatic carbocycles. The Bertz CT molecular complexity index is 527. The molecule has 1 heterocycles. The first-order valence-corrected chi connectivity index (χ1v) is 6.83. The second-order valence-corrected chi connectivity index (χ2v) is 5.18. The van der Waals surface area contributed by atoms with Gasteiger partial charge in [-0.05, 0) is 18.9 Å². The van der Waals surface area contributed by atoms with Crippen LogP contribution in [0.2, 0.25) is 0 Å². The molecule has 2 amide bonds. The lowest BCUT2D eigenvalue weighted by Gasteiger charge is -2.45. The summed E-state index contributed by atoms with van der Waals surface area (Å²) < 4.78 is 0. The van der Waals surface area contributed by atoms with Gasteiger partial charge in [0.15, 0.2) is 0 Å². The molecule has 4 heteroatoms. The number of carbonyl (C=O) groups excluding carboxylic acids is 2. The van der Waals surface area contributed by atoms with Crippen molar-refractivity contribution in [1.82, 2.24) is 10.2 Å². The van der Waals surface area contributed by atoms with Crippen molar-refractivity contribution >= 4 is 11.8 Å². The van der Waals surface area contributed by atoms with Crippen molar-refractivity contribution in [3.05, 3.63) is 48.6 Å². The third-order valence-corrected chi connectivity index (χ3v) is 4.01. The molecule has 0 bridgehead atoms. The number of nitrogens with one attached hydrogen (secondary N) is 1. The van der Waals surface area contributed by atoms with E-state index in [0.29, 0.717) is 13.0 Å². The number of rotatable bonds is 4. The zero-order valence-electron chi connectivity index (χ0n) is 11.9. The van der Waals surface area contributed by atoms with Gasteiger partial charge in [0.25, 0.3) is 5.91 Å². The topological polar surface area (TPSA) is 49.4 Å². The second-order valence-electron chi connectivity index (χ2n) is 5.18. The third-order valence-electron chi connectivity index (χ3n) is 4.01. The summed E-state index contributed by atoms with van der Waals surface area (Å²) in [7, 11) is 0. The van der Waals surface area contributed by atoms with E-state index in [1.165, 1.54) is 0 Å². The van der Waals surface area contributed by atoms with Crippen LogP contribution < -0.4 is 5.32 Å². The molecule has 0 radical (unpaired) electrons. The average Bonchev–Trinajstić information content (AvgIpc) is 2.48. The van der Waals surface area contributed by atoms with Crippen LogP contribution in [0.25, 0.3) is 0 Å². The fourth-order valence-corrected chi connectivity index (χ4v) is 2.51. The van der Waals surface area contributed by atoms with Crippen molar-refractivity contribution in [2.75, 3.05) is 6.54 Å². The highest BCUT2D eigenvalue weighted by Gasteiger charge is 2.48. The predicted molar refractivity (Wildman–Crippen MR) is 77.9 cm³/mol. The van der Waals surface area contributed by atoms with E-state index in [1.807, 2.05) is 37.3 Å². The van der Waals surface area contributed by atoms with E-state index in [-0.39, 0.29) is 11.8 Å². The Labute approximate surface area is 119 Å². The molecule has 0 aromatic heterocycles. The first-order valence-electron chi connectivity index (χ1n) is 6.83. The summed E-state index contributed by atoms with van der Waals surface area (Å²) in [6.45, 7) is 7.77. The average molecular weight is 272 g/mol. The van der Waals surface area contributed by atoms with Crippen molar-refractivity contribution in [2.45, 2.75) is 31.8 Å². The van der Waals surface area contributed by atoms with E-state index in [4.69, 9.17) is 0 Å². The maximum Gasteiger partial charge on any atom is 0.250 e. The Balaban J connectivity index is 2.39. The van der Waals surface area contributed by atoms with Gasteiger partial charge < -0.3 is 10.2 Å². The summed E-state index contributed by atoms with van der Waals surface area (Å²) in [4.78, 5) is 26.7. The molecule has 106 valence electrons. The highest BCUT2D eigenvalue weighted by molar-refractivity contribution is 6.00. The van der Waals surface area contributed by atoms with E-state index in [1.54, 1.807) is 17.9 Å². The van der Waals surface area contributed by atoms with Crippen LogP contribution in [-0.2, 0) is 9.59 Å². The molecule has 20 heavy (non-hydrogen) atoms. The van der Waals surface area contributed by atoms with Crippen LogP contribution in [0.3, 0.4) is 0 Å². The molecule has 2 atom stereocenters. The fourth-order valence-electron chi connectivity index (χ4n) is 2.51. The third kappa shape index (κ3) is 2.22. The molecule has 1 saturated heterocycles. The lowest BCUT2D eigenvalue weighted by atomic mass is 9.89. The Hall–Kier alpha value is -2.10. The van der Waals surface area contributed by atoms with Crippen molar-refractivity contribution in [1.29, 1.82) is 0 Å². The molecular weight excluding hydrogens is 252 g/mol. The van der Waals surface area contributed by atoms with Crippen LogP contribution in [0.4, 0.5) is 0 Å². The Morgan fingerprint density at radius 2 is 2.00 bits per heavy atom. The molecule has 4 nitrogen and oxygen atoms in total. The Morgan fingerprint density at radius 3 is 2.55 bits per heavy atom. The zero-order chi connectivity index (χ0) is 14.8. The van der Waals surface area contributed by atoms with E-state index in [0.717, 1.165) is 5.56 Å². The molecule has 2 rings (SSSR count). The minimum absolute atomic E-state index is 0.0833. The van der Waals surface area contributed by atoms with Crippen molar-refractivity contribution in [2.24, 2.45) is 0 Å². The van der Waals surface area contributed by atoms with Gasteiger partial charge in [-0.1, -0.05) is 43.3 Å². The quantitative estimate of drug-likeness (QED) is 0.853. The van der Waals surface area contributed by atoms with Crippen LogP contribution in [0.5, 0.6) is 0 Å². The highest BCUT2D eigenvalue weighted by atomic mass is 16.2. The van der Waals surface area contributed by atoms with Crippen LogP contribution in [0.15, 0.2) is 43.0 Å². The number of carbonyl (C=O) groups is 2. The molecule has 1 fully saturated rings. The summed E-state index contributed by atoms with van der Waals surface area (Å²) in [5.41, 5.74) is -0.00521. The summed E-state index contributed by atoms with van der Waals surface area (Å²) >= 11 is 0. The molecule has 1 aliphatic rings. The number of hydrogen-bond donors (Lipinski definition) is 1. The first kappa shape index (κ1) is 14.3. The van der Waals surface area contributed by atoms with E-state index in [2.05, 4.69) is 11.9 Å². The first-order chi connectivity index (χ1) is 9.54. The fraction of sp³-hybridized carbons (Fsp3) is 0.375. The van der Waals surface area contributed by atoms with E-state index >= 15 is 0 Å². The number of hydrogen-bond acceptors (Lipinski definition) is 2. The summed E-state index contributed by atoms with van der Waals surface area (Å²) in [6.07, 6.45) is 2.23. The van der Waals surface area contributed by atoms with E-state index < -0.39 is 11.6 Å². The van der Waals surface area contributed by atoms with Crippen LogP contribution >= 0.6 is 0 Å². The van der Waals surface area contributed by atoms with Gasteiger partial charge in [0.05, 0.1) is 0 Å². The normalized spacial score (nSPS) is 26.3. The van der Waals surface area contributed by atoms with Gasteiger partial charge in [-0.2, -0.15) is 0 Å². The van der Waals surface area contributed by atoms with E-state index in [9.17, 15) is 9.59 Å². The van der Waals surface area contributed by atoms with Gasteiger partial charge in [0.2, 0.25) is 5.91 Å². The SMILES string of the molecule is C=CCN1C(=O)C(c2ccccc2)NC(=O)C1(C)CC. The maximum absolute atomic E-state index is 12.7. The van der Waals surface area contributed by atoms with Crippen molar-refractivity contribution in [3.63, 3.8) is 0 Å². The minimum Gasteiger partial charge on any atom is -0.338 e. The predicted octanol–water partition coefficient (Wildman–Crippen LogP) is 2.04. The highest BCUT2D eigenvalue weighted by Crippen LogP contribution is 2.30. The zero-order valence-corrected chi connectivity index (χ0v) is 11.9. The Kier molecular flexibility index (Phi) is 3.93. The van der Waals surface area contributed by atoms with Gasteiger partial charge in [-0.3, -0.25) is 9.59 Å². The molecule has 1 aromatic carbocycles. The second kappa shape index (κ2) is 5.49. The monoisotopic (exact) mass is 272 g/mol. The maximum atomic E-state index is 12.7. The smallest absolute Gasteiger partial charge is 0.250 e. The van der Waals surface area contributed by atoms with Crippen molar-refractivity contribution < 1.29 is 9.59 Å². The van der Waals surface area contributed by atoms with Gasteiger partial charge in [-0.15, -0.1) is 6.58 Å². The van der Waals surface area contributed by atoms with Gasteiger partial charge in [0.1, 0.15) is 11.6 Å². The van der Waals surface area contributed by atoms with Crippen LogP contribution in [0, 0.1) is 0 Å². The lowest BCUT2D eigenvalue weighted by Crippen LogP contribution is -2.66. The minimum atomic E-state index is -0.809. The number of benzene rings is 1. The number of piperazine rings is 1. The standard InChI is InChI=1S/C16H20N2O2/c1-4-11-18-14(19)13(12-9-7-6-8-10-12)17-15(20)16(18,3)5-2/h4,6-10,13H,1,5,11H2,2-3H3,(H,17,20). The van der Waals surface area contributed by atoms with Crippen LogP contribution in [0.1, 0.15) is 31.9 Å². The lowest BCUT2D eigenvalue weighted by molar-refractivity contribution is -0.156. The largest absolute Gasteiger partial charge is 0.338 e. The molecule has 0 spiro atoms. The molecule has 2 unspecified atom stereocenters. The molecule has 1 aliphatic heterocycles. The van der Waals surface area contributed by atoms with Crippen molar-refractivity contribution in [3.8, 4) is 0 Å². The molecular formula is C16H20N2O2. The van der Waals surface area contributed by atoms with Crippen LogP contribution in [-0.4, -0.2) is 28.8 Å². The molecule has 1 N–H and O–H groups in total. The summed E-state index contributed by atoms with van der Waals surface area (Å²) in [5, 5.41) is 2.85. The van der Waals surface area contributed by atoms with Gasteiger partial charge >= 0.3 is 0 Å². The number of amides is 2. The molecule has 1 aromatic rings. The summed E-state index contributed by atoms with van der Waals surface area (Å²) in [5.74, 6) is -0.199. The van der Waals surface area contributed by atoms with Gasteiger partial charge in [0, 0.05) is 6.54 Å². The Morgan fingerprint density at radius 1 is 1.35 bits per heavy atom. The number of nitrogens with zero attached hydrogens (tertiary/aromatic N) is 1.